The van der Waals surface area contributed by atoms with Gasteiger partial charge < -0.3 is 20.1 Å². The van der Waals surface area contributed by atoms with Gasteiger partial charge in [-0.1, -0.05) is 60.7 Å². The van der Waals surface area contributed by atoms with Gasteiger partial charge in [-0.05, 0) is 24.6 Å². The predicted molar refractivity (Wildman–Crippen MR) is 103 cm³/mol. The van der Waals surface area contributed by atoms with Crippen molar-refractivity contribution in [2.24, 2.45) is 0 Å². The van der Waals surface area contributed by atoms with E-state index in [2.05, 4.69) is 46.6 Å². The first-order valence-electron chi connectivity index (χ1n) is 8.96. The van der Waals surface area contributed by atoms with Crippen molar-refractivity contribution >= 4 is 0 Å². The van der Waals surface area contributed by atoms with E-state index < -0.39 is 0 Å². The second kappa shape index (κ2) is 11.8. The van der Waals surface area contributed by atoms with Crippen molar-refractivity contribution in [3.05, 3.63) is 71.8 Å². The fourth-order valence-electron chi connectivity index (χ4n) is 2.84. The van der Waals surface area contributed by atoms with Crippen LogP contribution in [-0.2, 0) is 17.8 Å². The molecule has 0 amide bonds. The number of nitrogens with zero attached hydrogens (tertiary/aromatic N) is 1. The average Bonchev–Trinajstić information content (AvgIpc) is 2.63. The Hall–Kier alpha value is -1.72. The third kappa shape index (κ3) is 8.27. The number of aliphatic hydroxyl groups excluding tert-OH is 1. The van der Waals surface area contributed by atoms with E-state index in [0.717, 1.165) is 19.5 Å². The molecular formula is C21H30N2O2. The Morgan fingerprint density at radius 3 is 2.28 bits per heavy atom. The Morgan fingerprint density at radius 1 is 1.00 bits per heavy atom. The number of likely N-dealkylation sites (N-methyl/N-ethyl adjacent to an activating group) is 1. The van der Waals surface area contributed by atoms with Crippen LogP contribution in [0.1, 0.15) is 11.1 Å². The van der Waals surface area contributed by atoms with Crippen molar-refractivity contribution in [1.29, 1.82) is 0 Å². The monoisotopic (exact) mass is 342 g/mol. The molecule has 0 saturated carbocycles. The quantitative estimate of drug-likeness (QED) is 0.581. The van der Waals surface area contributed by atoms with Crippen molar-refractivity contribution in [3.8, 4) is 0 Å². The molecule has 4 nitrogen and oxygen atoms in total. The van der Waals surface area contributed by atoms with Gasteiger partial charge in [-0.15, -0.1) is 0 Å². The lowest BCUT2D eigenvalue weighted by molar-refractivity contribution is 0.118. The summed E-state index contributed by atoms with van der Waals surface area (Å²) in [5.41, 5.74) is 2.52. The highest BCUT2D eigenvalue weighted by atomic mass is 16.5. The topological polar surface area (TPSA) is 44.7 Å². The van der Waals surface area contributed by atoms with Crippen LogP contribution >= 0.6 is 0 Å². The molecule has 136 valence electrons. The molecule has 0 spiro atoms. The zero-order valence-electron chi connectivity index (χ0n) is 15.1. The van der Waals surface area contributed by atoms with Crippen LogP contribution in [0.4, 0.5) is 0 Å². The molecule has 25 heavy (non-hydrogen) atoms. The number of nitrogens with one attached hydrogen (secondary N) is 1. The van der Waals surface area contributed by atoms with E-state index >= 15 is 0 Å². The zero-order chi connectivity index (χ0) is 17.7. The highest BCUT2D eigenvalue weighted by Gasteiger charge is 2.11. The van der Waals surface area contributed by atoms with E-state index in [4.69, 9.17) is 9.84 Å². The molecule has 0 aromatic heterocycles. The molecule has 0 heterocycles. The summed E-state index contributed by atoms with van der Waals surface area (Å²) in [6.07, 6.45) is 0.968. The van der Waals surface area contributed by atoms with Crippen LogP contribution in [0.2, 0.25) is 0 Å². The van der Waals surface area contributed by atoms with E-state index in [-0.39, 0.29) is 6.61 Å². The lowest BCUT2D eigenvalue weighted by Crippen LogP contribution is -2.43. The van der Waals surface area contributed by atoms with Crippen LogP contribution in [-0.4, -0.2) is 55.9 Å². The summed E-state index contributed by atoms with van der Waals surface area (Å²) in [6, 6.07) is 21.1. The second-order valence-electron chi connectivity index (χ2n) is 6.36. The van der Waals surface area contributed by atoms with Gasteiger partial charge in [-0.2, -0.15) is 0 Å². The molecule has 1 atom stereocenters. The molecule has 4 heteroatoms. The lowest BCUT2D eigenvalue weighted by Gasteiger charge is -2.25. The van der Waals surface area contributed by atoms with Gasteiger partial charge in [0.25, 0.3) is 0 Å². The minimum absolute atomic E-state index is 0.189. The van der Waals surface area contributed by atoms with E-state index in [1.54, 1.807) is 0 Å². The molecule has 2 aromatic rings. The number of hydrogen-bond acceptors (Lipinski definition) is 4. The van der Waals surface area contributed by atoms with Gasteiger partial charge in [0.05, 0.1) is 19.8 Å². The smallest absolute Gasteiger partial charge is 0.0717 e. The first kappa shape index (κ1) is 19.6. The Labute approximate surface area is 151 Å². The third-order valence-electron chi connectivity index (χ3n) is 4.13. The minimum atomic E-state index is 0.189. The van der Waals surface area contributed by atoms with Gasteiger partial charge in [0, 0.05) is 25.7 Å². The van der Waals surface area contributed by atoms with Crippen LogP contribution in [0, 0.1) is 0 Å². The van der Waals surface area contributed by atoms with Crippen LogP contribution in [0.5, 0.6) is 0 Å². The maximum atomic E-state index is 9.11. The summed E-state index contributed by atoms with van der Waals surface area (Å²) < 4.78 is 5.76. The number of rotatable bonds is 12. The van der Waals surface area contributed by atoms with E-state index in [1.165, 1.54) is 11.1 Å². The summed E-state index contributed by atoms with van der Waals surface area (Å²) in [6.45, 7) is 3.93. The largest absolute Gasteiger partial charge is 0.395 e. The van der Waals surface area contributed by atoms with Crippen LogP contribution in [0.15, 0.2) is 60.7 Å². The SMILES string of the molecule is CN(CCO)CC(Cc1ccccc1)NCCOCc1ccccc1. The average molecular weight is 342 g/mol. The summed E-state index contributed by atoms with van der Waals surface area (Å²) in [5.74, 6) is 0. The molecule has 1 unspecified atom stereocenters. The Balaban J connectivity index is 1.74. The van der Waals surface area contributed by atoms with E-state index in [0.29, 0.717) is 25.8 Å². The lowest BCUT2D eigenvalue weighted by atomic mass is 10.1. The van der Waals surface area contributed by atoms with Gasteiger partial charge in [0.15, 0.2) is 0 Å². The van der Waals surface area contributed by atoms with Crippen LogP contribution in [0.3, 0.4) is 0 Å². The molecule has 2 N–H and O–H groups in total. The molecule has 0 saturated heterocycles. The molecule has 0 aliphatic carbocycles. The summed E-state index contributed by atoms with van der Waals surface area (Å²) in [5, 5.41) is 12.7. The number of hydrogen-bond donors (Lipinski definition) is 2. The first-order chi connectivity index (χ1) is 12.3. The highest BCUT2D eigenvalue weighted by molar-refractivity contribution is 5.16. The maximum Gasteiger partial charge on any atom is 0.0717 e. The standard InChI is InChI=1S/C21H30N2O2/c1-23(13-14-24)17-21(16-19-8-4-2-5-9-19)22-12-15-25-18-20-10-6-3-7-11-20/h2-11,21-22,24H,12-18H2,1H3. The van der Waals surface area contributed by atoms with Gasteiger partial charge in [0.2, 0.25) is 0 Å². The fourth-order valence-corrected chi connectivity index (χ4v) is 2.84. The Kier molecular flexibility index (Phi) is 9.23. The summed E-state index contributed by atoms with van der Waals surface area (Å²) in [4.78, 5) is 2.16. The van der Waals surface area contributed by atoms with Gasteiger partial charge >= 0.3 is 0 Å². The molecule has 0 fully saturated rings. The molecule has 2 aromatic carbocycles. The number of benzene rings is 2. The normalized spacial score (nSPS) is 12.4. The third-order valence-corrected chi connectivity index (χ3v) is 4.13. The predicted octanol–water partition coefficient (Wildman–Crippen LogP) is 2.33. The Morgan fingerprint density at radius 2 is 1.64 bits per heavy atom. The molecular weight excluding hydrogens is 312 g/mol. The zero-order valence-corrected chi connectivity index (χ0v) is 15.1. The van der Waals surface area contributed by atoms with Gasteiger partial charge in [0.1, 0.15) is 0 Å². The fraction of sp³-hybridized carbons (Fsp3) is 0.429. The summed E-state index contributed by atoms with van der Waals surface area (Å²) in [7, 11) is 2.04. The molecule has 2 rings (SSSR count). The molecule has 0 aliphatic rings. The maximum absolute atomic E-state index is 9.11. The Bertz CT molecular complexity index is 563. The van der Waals surface area contributed by atoms with Gasteiger partial charge in [-0.25, -0.2) is 0 Å². The summed E-state index contributed by atoms with van der Waals surface area (Å²) >= 11 is 0. The van der Waals surface area contributed by atoms with Crippen molar-refractivity contribution < 1.29 is 9.84 Å². The first-order valence-corrected chi connectivity index (χ1v) is 8.96. The van der Waals surface area contributed by atoms with E-state index in [1.807, 2.05) is 31.3 Å². The van der Waals surface area contributed by atoms with Crippen LogP contribution < -0.4 is 5.32 Å². The molecule has 0 radical (unpaired) electrons. The van der Waals surface area contributed by atoms with E-state index in [9.17, 15) is 0 Å². The van der Waals surface area contributed by atoms with Crippen molar-refractivity contribution in [2.75, 3.05) is 39.9 Å². The van der Waals surface area contributed by atoms with Crippen LogP contribution in [0.25, 0.3) is 0 Å². The molecule has 0 aliphatic heterocycles. The van der Waals surface area contributed by atoms with Crippen molar-refractivity contribution in [3.63, 3.8) is 0 Å². The minimum Gasteiger partial charge on any atom is -0.395 e. The van der Waals surface area contributed by atoms with Gasteiger partial charge in [-0.3, -0.25) is 0 Å². The number of aliphatic hydroxyl groups is 1. The van der Waals surface area contributed by atoms with Crippen molar-refractivity contribution in [1.82, 2.24) is 10.2 Å². The second-order valence-corrected chi connectivity index (χ2v) is 6.36. The number of ether oxygens (including phenoxy) is 1. The molecule has 0 bridgehead atoms. The van der Waals surface area contributed by atoms with Crippen molar-refractivity contribution in [2.45, 2.75) is 19.1 Å². The highest BCUT2D eigenvalue weighted by Crippen LogP contribution is 2.05.